The van der Waals surface area contributed by atoms with E-state index in [1.165, 1.54) is 32.1 Å². The van der Waals surface area contributed by atoms with Crippen molar-refractivity contribution in [2.45, 2.75) is 50.6 Å². The molecule has 1 atom stereocenters. The lowest BCUT2D eigenvalue weighted by Gasteiger charge is -2.32. The van der Waals surface area contributed by atoms with Gasteiger partial charge < -0.3 is 9.47 Å². The van der Waals surface area contributed by atoms with Crippen molar-refractivity contribution in [1.29, 1.82) is 0 Å². The Morgan fingerprint density at radius 1 is 1.06 bits per heavy atom. The topological polar surface area (TPSA) is 54.4 Å². The SMILES string of the molecule is CN(CC(=O)N1N=C(c2ccccc2)C[C@H]1c1ccc2c(c1)OCO2)C1CCCCC1. The Morgan fingerprint density at radius 3 is 2.65 bits per heavy atom. The number of ether oxygens (including phenoxy) is 2. The fourth-order valence-corrected chi connectivity index (χ4v) is 4.86. The van der Waals surface area contributed by atoms with Crippen molar-refractivity contribution in [3.63, 3.8) is 0 Å². The molecule has 0 aromatic heterocycles. The predicted molar refractivity (Wildman–Crippen MR) is 119 cm³/mol. The lowest BCUT2D eigenvalue weighted by atomic mass is 9.94. The first-order valence-electron chi connectivity index (χ1n) is 11.2. The van der Waals surface area contributed by atoms with Crippen LogP contribution in [0.3, 0.4) is 0 Å². The number of carbonyl (C=O) groups excluding carboxylic acids is 1. The second-order valence-electron chi connectivity index (χ2n) is 8.69. The fourth-order valence-electron chi connectivity index (χ4n) is 4.86. The van der Waals surface area contributed by atoms with E-state index in [1.54, 1.807) is 5.01 Å². The summed E-state index contributed by atoms with van der Waals surface area (Å²) < 4.78 is 11.0. The monoisotopic (exact) mass is 419 g/mol. The molecule has 6 heteroatoms. The van der Waals surface area contributed by atoms with E-state index in [0.29, 0.717) is 19.0 Å². The molecule has 1 amide bonds. The zero-order valence-electron chi connectivity index (χ0n) is 18.0. The third kappa shape index (κ3) is 4.17. The third-order valence-corrected chi connectivity index (χ3v) is 6.64. The van der Waals surface area contributed by atoms with Gasteiger partial charge in [0, 0.05) is 12.5 Å². The van der Waals surface area contributed by atoms with Crippen LogP contribution < -0.4 is 9.47 Å². The minimum Gasteiger partial charge on any atom is -0.454 e. The minimum absolute atomic E-state index is 0.0432. The number of hydrogen-bond acceptors (Lipinski definition) is 5. The van der Waals surface area contributed by atoms with Gasteiger partial charge in [-0.15, -0.1) is 0 Å². The number of fused-ring (bicyclic) bond motifs is 1. The average Bonchev–Trinajstić information content (AvgIpc) is 3.47. The molecular formula is C25H29N3O3. The maximum Gasteiger partial charge on any atom is 0.257 e. The molecule has 2 aromatic carbocycles. The van der Waals surface area contributed by atoms with Crippen molar-refractivity contribution in [3.05, 3.63) is 59.7 Å². The third-order valence-electron chi connectivity index (χ3n) is 6.64. The molecular weight excluding hydrogens is 390 g/mol. The first kappa shape index (κ1) is 20.1. The number of likely N-dealkylation sites (N-methyl/N-ethyl adjacent to an activating group) is 1. The number of hydrogen-bond donors (Lipinski definition) is 0. The zero-order valence-corrected chi connectivity index (χ0v) is 18.0. The number of hydrazone groups is 1. The van der Waals surface area contributed by atoms with E-state index < -0.39 is 0 Å². The highest BCUT2D eigenvalue weighted by atomic mass is 16.7. The average molecular weight is 420 g/mol. The molecule has 2 aliphatic heterocycles. The highest BCUT2D eigenvalue weighted by Crippen LogP contribution is 2.39. The molecule has 0 spiro atoms. The van der Waals surface area contributed by atoms with E-state index in [9.17, 15) is 4.79 Å². The van der Waals surface area contributed by atoms with Gasteiger partial charge in [-0.2, -0.15) is 5.10 Å². The summed E-state index contributed by atoms with van der Waals surface area (Å²) in [7, 11) is 2.07. The largest absolute Gasteiger partial charge is 0.454 e. The number of carbonyl (C=O) groups is 1. The Morgan fingerprint density at radius 2 is 1.84 bits per heavy atom. The second kappa shape index (κ2) is 8.71. The molecule has 3 aliphatic rings. The highest BCUT2D eigenvalue weighted by Gasteiger charge is 2.35. The van der Waals surface area contributed by atoms with Gasteiger partial charge in [-0.1, -0.05) is 55.7 Å². The summed E-state index contributed by atoms with van der Waals surface area (Å²) in [5.41, 5.74) is 3.02. The van der Waals surface area contributed by atoms with Crippen LogP contribution in [0, 0.1) is 0 Å². The van der Waals surface area contributed by atoms with Crippen LogP contribution >= 0.6 is 0 Å². The Labute approximate surface area is 183 Å². The molecule has 0 bridgehead atoms. The standard InChI is InChI=1S/C25H29N3O3/c1-27(20-10-6-3-7-11-20)16-25(29)28-22(15-21(26-28)18-8-4-2-5-9-18)19-12-13-23-24(14-19)31-17-30-23/h2,4-5,8-9,12-14,20,22H,3,6-7,10-11,15-17H2,1H3/t22-/m0/s1. The number of nitrogens with zero attached hydrogens (tertiary/aromatic N) is 3. The molecule has 162 valence electrons. The van der Waals surface area contributed by atoms with Gasteiger partial charge in [-0.3, -0.25) is 9.69 Å². The molecule has 5 rings (SSSR count). The van der Waals surface area contributed by atoms with Crippen LogP contribution in [0.15, 0.2) is 53.6 Å². The minimum atomic E-state index is -0.142. The van der Waals surface area contributed by atoms with Gasteiger partial charge in [0.05, 0.1) is 18.3 Å². The molecule has 1 aliphatic carbocycles. The van der Waals surface area contributed by atoms with E-state index in [1.807, 2.05) is 36.4 Å². The fraction of sp³-hybridized carbons (Fsp3) is 0.440. The van der Waals surface area contributed by atoms with Gasteiger partial charge in [-0.25, -0.2) is 5.01 Å². The van der Waals surface area contributed by atoms with Crippen LogP contribution in [-0.4, -0.2) is 48.0 Å². The Balaban J connectivity index is 1.40. The van der Waals surface area contributed by atoms with Gasteiger partial charge in [0.25, 0.3) is 5.91 Å². The van der Waals surface area contributed by atoms with Crippen molar-refractivity contribution in [2.75, 3.05) is 20.4 Å². The van der Waals surface area contributed by atoms with Crippen molar-refractivity contribution < 1.29 is 14.3 Å². The van der Waals surface area contributed by atoms with E-state index in [2.05, 4.69) is 24.1 Å². The molecule has 2 aromatic rings. The summed E-state index contributed by atoms with van der Waals surface area (Å²) in [4.78, 5) is 15.6. The molecule has 2 heterocycles. The van der Waals surface area contributed by atoms with E-state index in [-0.39, 0.29) is 18.7 Å². The van der Waals surface area contributed by atoms with Crippen LogP contribution in [0.1, 0.15) is 55.7 Å². The van der Waals surface area contributed by atoms with Gasteiger partial charge in [-0.05, 0) is 43.1 Å². The molecule has 6 nitrogen and oxygen atoms in total. The van der Waals surface area contributed by atoms with E-state index >= 15 is 0 Å². The molecule has 0 unspecified atom stereocenters. The number of rotatable bonds is 5. The van der Waals surface area contributed by atoms with Gasteiger partial charge in [0.1, 0.15) is 0 Å². The highest BCUT2D eigenvalue weighted by molar-refractivity contribution is 6.03. The summed E-state index contributed by atoms with van der Waals surface area (Å²) in [6, 6.07) is 16.4. The Bertz CT molecular complexity index is 969. The van der Waals surface area contributed by atoms with Crippen molar-refractivity contribution >= 4 is 11.6 Å². The first-order valence-corrected chi connectivity index (χ1v) is 11.2. The van der Waals surface area contributed by atoms with Gasteiger partial charge in [0.2, 0.25) is 6.79 Å². The summed E-state index contributed by atoms with van der Waals surface area (Å²) in [6.07, 6.45) is 6.84. The molecule has 31 heavy (non-hydrogen) atoms. The molecule has 0 N–H and O–H groups in total. The summed E-state index contributed by atoms with van der Waals surface area (Å²) in [5.74, 6) is 1.53. The predicted octanol–water partition coefficient (Wildman–Crippen LogP) is 4.36. The molecule has 1 fully saturated rings. The first-order chi connectivity index (χ1) is 15.2. The van der Waals surface area contributed by atoms with Crippen LogP contribution in [0.25, 0.3) is 0 Å². The Kier molecular flexibility index (Phi) is 5.64. The number of benzene rings is 2. The van der Waals surface area contributed by atoms with Crippen LogP contribution in [0.4, 0.5) is 0 Å². The quantitative estimate of drug-likeness (QED) is 0.723. The summed E-state index contributed by atoms with van der Waals surface area (Å²) >= 11 is 0. The van der Waals surface area contributed by atoms with Crippen LogP contribution in [-0.2, 0) is 4.79 Å². The lowest BCUT2D eigenvalue weighted by molar-refractivity contribution is -0.134. The van der Waals surface area contributed by atoms with Crippen LogP contribution in [0.2, 0.25) is 0 Å². The number of amides is 1. The van der Waals surface area contributed by atoms with Crippen molar-refractivity contribution in [2.24, 2.45) is 5.10 Å². The lowest BCUT2D eigenvalue weighted by Crippen LogP contribution is -2.41. The summed E-state index contributed by atoms with van der Waals surface area (Å²) in [6.45, 7) is 0.626. The van der Waals surface area contributed by atoms with Crippen LogP contribution in [0.5, 0.6) is 11.5 Å². The van der Waals surface area contributed by atoms with E-state index in [4.69, 9.17) is 14.6 Å². The van der Waals surface area contributed by atoms with Crippen molar-refractivity contribution in [1.82, 2.24) is 9.91 Å². The molecule has 0 radical (unpaired) electrons. The molecule has 1 saturated carbocycles. The second-order valence-corrected chi connectivity index (χ2v) is 8.69. The normalized spacial score (nSPS) is 20.9. The maximum atomic E-state index is 13.4. The van der Waals surface area contributed by atoms with E-state index in [0.717, 1.165) is 28.3 Å². The maximum absolute atomic E-state index is 13.4. The van der Waals surface area contributed by atoms with Gasteiger partial charge in [0.15, 0.2) is 11.5 Å². The zero-order chi connectivity index (χ0) is 21.2. The summed E-state index contributed by atoms with van der Waals surface area (Å²) in [5, 5.41) is 6.50. The van der Waals surface area contributed by atoms with Crippen molar-refractivity contribution in [3.8, 4) is 11.5 Å². The smallest absolute Gasteiger partial charge is 0.257 e. The Hall–Kier alpha value is -2.86. The molecule has 0 saturated heterocycles. The van der Waals surface area contributed by atoms with Gasteiger partial charge >= 0.3 is 0 Å².